The Bertz CT molecular complexity index is 735. The minimum Gasteiger partial charge on any atom is -0.459 e. The first-order chi connectivity index (χ1) is 12.6. The molecule has 1 atom stereocenters. The van der Waals surface area contributed by atoms with E-state index in [1.54, 1.807) is 17.0 Å². The molecule has 0 bridgehead atoms. The van der Waals surface area contributed by atoms with Crippen LogP contribution in [0.3, 0.4) is 0 Å². The summed E-state index contributed by atoms with van der Waals surface area (Å²) in [5.41, 5.74) is 1.05. The van der Waals surface area contributed by atoms with Crippen LogP contribution in [0.5, 0.6) is 0 Å². The molecule has 1 aromatic carbocycles. The van der Waals surface area contributed by atoms with Gasteiger partial charge in [-0.2, -0.15) is 0 Å². The monoisotopic (exact) mass is 374 g/mol. The van der Waals surface area contributed by atoms with Crippen molar-refractivity contribution in [2.24, 2.45) is 5.92 Å². The van der Waals surface area contributed by atoms with Crippen LogP contribution < -0.4 is 5.32 Å². The van der Waals surface area contributed by atoms with Gasteiger partial charge in [-0.25, -0.2) is 0 Å². The number of halogens is 1. The predicted octanol–water partition coefficient (Wildman–Crippen LogP) is 4.05. The Balaban J connectivity index is 1.54. The van der Waals surface area contributed by atoms with E-state index in [0.717, 1.165) is 12.0 Å². The van der Waals surface area contributed by atoms with Gasteiger partial charge in [-0.3, -0.25) is 9.59 Å². The smallest absolute Gasteiger partial charge is 0.289 e. The van der Waals surface area contributed by atoms with Gasteiger partial charge in [0.25, 0.3) is 5.91 Å². The summed E-state index contributed by atoms with van der Waals surface area (Å²) >= 11 is 5.94. The van der Waals surface area contributed by atoms with Crippen molar-refractivity contribution in [2.45, 2.75) is 32.2 Å². The molecule has 1 aliphatic heterocycles. The molecule has 1 N–H and O–H groups in total. The van der Waals surface area contributed by atoms with Gasteiger partial charge in [0.05, 0.1) is 12.3 Å². The van der Waals surface area contributed by atoms with Crippen LogP contribution in [-0.4, -0.2) is 29.8 Å². The van der Waals surface area contributed by atoms with Gasteiger partial charge in [0, 0.05) is 24.0 Å². The Morgan fingerprint density at radius 1 is 1.23 bits per heavy atom. The summed E-state index contributed by atoms with van der Waals surface area (Å²) in [5, 5.41) is 3.82. The molecule has 6 heteroatoms. The number of benzene rings is 1. The first-order valence-corrected chi connectivity index (χ1v) is 9.35. The van der Waals surface area contributed by atoms with Crippen molar-refractivity contribution >= 4 is 23.4 Å². The van der Waals surface area contributed by atoms with Crippen LogP contribution in [0.25, 0.3) is 0 Å². The van der Waals surface area contributed by atoms with Crippen LogP contribution in [-0.2, 0) is 4.79 Å². The number of nitrogens with one attached hydrogen (secondary N) is 1. The Morgan fingerprint density at radius 3 is 2.50 bits per heavy atom. The van der Waals surface area contributed by atoms with Gasteiger partial charge in [-0.1, -0.05) is 30.7 Å². The van der Waals surface area contributed by atoms with Gasteiger partial charge >= 0.3 is 0 Å². The number of rotatable bonds is 5. The average Bonchev–Trinajstić information content (AvgIpc) is 3.21. The van der Waals surface area contributed by atoms with E-state index >= 15 is 0 Å². The third-order valence-corrected chi connectivity index (χ3v) is 5.13. The van der Waals surface area contributed by atoms with Crippen molar-refractivity contribution in [1.29, 1.82) is 0 Å². The van der Waals surface area contributed by atoms with Crippen LogP contribution in [0.15, 0.2) is 47.1 Å². The standard InChI is InChI=1S/C20H23ClN2O3/c1-2-17(14-5-7-16(21)8-6-14)22-19(24)15-9-11-23(12-10-15)20(25)18-4-3-13-26-18/h3-8,13,15,17H,2,9-12H2,1H3,(H,22,24). The van der Waals surface area contributed by atoms with Gasteiger partial charge in [0.1, 0.15) is 0 Å². The van der Waals surface area contributed by atoms with E-state index in [1.807, 2.05) is 31.2 Å². The normalized spacial score (nSPS) is 16.3. The number of hydrogen-bond donors (Lipinski definition) is 1. The van der Waals surface area contributed by atoms with Crippen molar-refractivity contribution < 1.29 is 14.0 Å². The summed E-state index contributed by atoms with van der Waals surface area (Å²) in [4.78, 5) is 26.7. The topological polar surface area (TPSA) is 62.6 Å². The Kier molecular flexibility index (Phi) is 5.99. The fourth-order valence-corrected chi connectivity index (χ4v) is 3.43. The average molecular weight is 375 g/mol. The molecule has 0 spiro atoms. The molecule has 2 heterocycles. The number of furan rings is 1. The van der Waals surface area contributed by atoms with Crippen LogP contribution in [0.4, 0.5) is 0 Å². The largest absolute Gasteiger partial charge is 0.459 e. The Hall–Kier alpha value is -2.27. The number of likely N-dealkylation sites (tertiary alicyclic amines) is 1. The maximum absolute atomic E-state index is 12.7. The lowest BCUT2D eigenvalue weighted by molar-refractivity contribution is -0.127. The van der Waals surface area contributed by atoms with Crippen LogP contribution in [0.2, 0.25) is 5.02 Å². The number of hydrogen-bond acceptors (Lipinski definition) is 3. The highest BCUT2D eigenvalue weighted by molar-refractivity contribution is 6.30. The number of nitrogens with zero attached hydrogens (tertiary/aromatic N) is 1. The fraction of sp³-hybridized carbons (Fsp3) is 0.400. The summed E-state index contributed by atoms with van der Waals surface area (Å²) in [5.74, 6) is 0.219. The van der Waals surface area contributed by atoms with Crippen LogP contribution >= 0.6 is 11.6 Å². The molecule has 0 radical (unpaired) electrons. The number of amides is 2. The Labute approximate surface area is 158 Å². The molecule has 1 saturated heterocycles. The molecular formula is C20H23ClN2O3. The van der Waals surface area contributed by atoms with Crippen LogP contribution in [0, 0.1) is 5.92 Å². The molecule has 0 aliphatic carbocycles. The van der Waals surface area contributed by atoms with Gasteiger partial charge in [-0.15, -0.1) is 0 Å². The lowest BCUT2D eigenvalue weighted by Gasteiger charge is -2.31. The highest BCUT2D eigenvalue weighted by Crippen LogP contribution is 2.23. The highest BCUT2D eigenvalue weighted by atomic mass is 35.5. The number of carbonyl (C=O) groups excluding carboxylic acids is 2. The lowest BCUT2D eigenvalue weighted by atomic mass is 9.94. The molecular weight excluding hydrogens is 352 g/mol. The van der Waals surface area contributed by atoms with Crippen molar-refractivity contribution in [2.75, 3.05) is 13.1 Å². The van der Waals surface area contributed by atoms with Gasteiger partial charge in [0.2, 0.25) is 5.91 Å². The van der Waals surface area contributed by atoms with E-state index < -0.39 is 0 Å². The molecule has 3 rings (SSSR count). The van der Waals surface area contributed by atoms with Gasteiger partial charge in [-0.05, 0) is 49.1 Å². The molecule has 1 aliphatic rings. The SMILES string of the molecule is CCC(NC(=O)C1CCN(C(=O)c2ccco2)CC1)c1ccc(Cl)cc1. The summed E-state index contributed by atoms with van der Waals surface area (Å²) < 4.78 is 5.17. The molecule has 2 aromatic rings. The number of carbonyl (C=O) groups is 2. The van der Waals surface area contributed by atoms with Gasteiger partial charge < -0.3 is 14.6 Å². The summed E-state index contributed by atoms with van der Waals surface area (Å²) in [6.45, 7) is 3.18. The second kappa shape index (κ2) is 8.41. The van der Waals surface area contributed by atoms with E-state index in [0.29, 0.717) is 36.7 Å². The van der Waals surface area contributed by atoms with Crippen molar-refractivity contribution in [3.8, 4) is 0 Å². The molecule has 1 fully saturated rings. The zero-order valence-corrected chi connectivity index (χ0v) is 15.5. The second-order valence-corrected chi connectivity index (χ2v) is 7.00. The third kappa shape index (κ3) is 4.28. The second-order valence-electron chi connectivity index (χ2n) is 6.56. The molecule has 1 aromatic heterocycles. The van der Waals surface area contributed by atoms with E-state index in [9.17, 15) is 9.59 Å². The van der Waals surface area contributed by atoms with E-state index in [1.165, 1.54) is 6.26 Å². The summed E-state index contributed by atoms with van der Waals surface area (Å²) in [6.07, 6.45) is 3.63. The first-order valence-electron chi connectivity index (χ1n) is 8.97. The van der Waals surface area contributed by atoms with Crippen molar-refractivity contribution in [3.05, 3.63) is 59.0 Å². The van der Waals surface area contributed by atoms with E-state index in [4.69, 9.17) is 16.0 Å². The number of piperidine rings is 1. The molecule has 138 valence electrons. The maximum Gasteiger partial charge on any atom is 0.289 e. The fourth-order valence-electron chi connectivity index (χ4n) is 3.31. The van der Waals surface area contributed by atoms with E-state index in [2.05, 4.69) is 5.32 Å². The minimum atomic E-state index is -0.110. The van der Waals surface area contributed by atoms with Crippen molar-refractivity contribution in [1.82, 2.24) is 10.2 Å². The van der Waals surface area contributed by atoms with Crippen molar-refractivity contribution in [3.63, 3.8) is 0 Å². The zero-order valence-electron chi connectivity index (χ0n) is 14.8. The lowest BCUT2D eigenvalue weighted by Crippen LogP contribution is -2.43. The zero-order chi connectivity index (χ0) is 18.5. The molecule has 5 nitrogen and oxygen atoms in total. The first kappa shape index (κ1) is 18.5. The van der Waals surface area contributed by atoms with Gasteiger partial charge in [0.15, 0.2) is 5.76 Å². The summed E-state index contributed by atoms with van der Waals surface area (Å²) in [6, 6.07) is 10.9. The predicted molar refractivity (Wildman–Crippen MR) is 100.0 cm³/mol. The Morgan fingerprint density at radius 2 is 1.92 bits per heavy atom. The molecule has 0 saturated carbocycles. The quantitative estimate of drug-likeness (QED) is 0.858. The molecule has 26 heavy (non-hydrogen) atoms. The van der Waals surface area contributed by atoms with Crippen LogP contribution in [0.1, 0.15) is 48.3 Å². The maximum atomic E-state index is 12.7. The molecule has 1 unspecified atom stereocenters. The third-order valence-electron chi connectivity index (χ3n) is 4.88. The highest BCUT2D eigenvalue weighted by Gasteiger charge is 2.29. The van der Waals surface area contributed by atoms with E-state index in [-0.39, 0.29) is 23.8 Å². The summed E-state index contributed by atoms with van der Waals surface area (Å²) in [7, 11) is 0. The molecule has 2 amide bonds. The minimum absolute atomic E-state index is 0.0254.